The third-order valence-electron chi connectivity index (χ3n) is 11.6. The zero-order valence-electron chi connectivity index (χ0n) is 38.7. The maximum atomic E-state index is 13.5. The highest BCUT2D eigenvalue weighted by Gasteiger charge is 2.56. The van der Waals surface area contributed by atoms with E-state index >= 15 is 0 Å². The second kappa shape index (κ2) is 21.6. The molecule has 0 aliphatic carbocycles. The van der Waals surface area contributed by atoms with E-state index < -0.39 is 103 Å². The van der Waals surface area contributed by atoms with Gasteiger partial charge < -0.3 is 48.8 Å². The molecule has 0 spiro atoms. The van der Waals surface area contributed by atoms with Crippen LogP contribution in [-0.4, -0.2) is 136 Å². The number of phosphoric acid groups is 2. The molecule has 4 aliphatic rings. The molecule has 6 aromatic rings. The minimum absolute atomic E-state index is 0.123. The van der Waals surface area contributed by atoms with Crippen LogP contribution >= 0.6 is 15.6 Å². The molecule has 4 aliphatic heterocycles. The summed E-state index contributed by atoms with van der Waals surface area (Å²) in [4.78, 5) is 72.4. The van der Waals surface area contributed by atoms with Gasteiger partial charge in [-0.15, -0.1) is 0 Å². The number of hydrogen-bond donors (Lipinski definition) is 6. The molecule has 4 fully saturated rings. The first-order valence-electron chi connectivity index (χ1n) is 22.9. The normalized spacial score (nSPS) is 27.3. The molecule has 0 saturated carbocycles. The molecular formula is C44H48N12O15P2. The van der Waals surface area contributed by atoms with Crippen molar-refractivity contribution < 1.29 is 70.3 Å². The molecule has 4 aromatic heterocycles. The van der Waals surface area contributed by atoms with Crippen molar-refractivity contribution in [3.63, 3.8) is 0 Å². The average molecular weight is 1050 g/mol. The lowest BCUT2D eigenvalue weighted by molar-refractivity contribution is -0.133. The molecule has 0 bridgehead atoms. The van der Waals surface area contributed by atoms with Crippen LogP contribution in [0.15, 0.2) is 98.1 Å². The summed E-state index contributed by atoms with van der Waals surface area (Å²) in [5.41, 5.74) is 2.69. The van der Waals surface area contributed by atoms with Gasteiger partial charge in [0.1, 0.15) is 49.3 Å². The van der Waals surface area contributed by atoms with Crippen molar-refractivity contribution >= 4 is 73.8 Å². The topological polar surface area (TPSA) is 327 Å². The minimum atomic E-state index is -5.43. The van der Waals surface area contributed by atoms with Crippen molar-refractivity contribution in [2.45, 2.75) is 75.5 Å². The van der Waals surface area contributed by atoms with Crippen LogP contribution in [0.2, 0.25) is 0 Å². The Labute approximate surface area is 414 Å². The highest BCUT2D eigenvalue weighted by molar-refractivity contribution is 7.61. The van der Waals surface area contributed by atoms with E-state index in [1.165, 1.54) is 34.4 Å². The Kier molecular flexibility index (Phi) is 14.8. The summed E-state index contributed by atoms with van der Waals surface area (Å²) >= 11 is 0. The summed E-state index contributed by atoms with van der Waals surface area (Å²) in [5, 5.41) is 10.5. The fourth-order valence-corrected chi connectivity index (χ4v) is 10.6. The number of carbonyl (C=O) groups is 2. The van der Waals surface area contributed by atoms with Gasteiger partial charge in [0, 0.05) is 13.1 Å². The second-order valence-corrected chi connectivity index (χ2v) is 19.5. The molecular weight excluding hydrogens is 999 g/mol. The number of fused-ring (bicyclic) bond motifs is 4. The quantitative estimate of drug-likeness (QED) is 0.0638. The van der Waals surface area contributed by atoms with Gasteiger partial charge in [-0.1, -0.05) is 72.8 Å². The van der Waals surface area contributed by atoms with Crippen molar-refractivity contribution in [2.24, 2.45) is 0 Å². The van der Waals surface area contributed by atoms with Gasteiger partial charge in [-0.05, 0) is 37.1 Å². The summed E-state index contributed by atoms with van der Waals surface area (Å²) < 4.78 is 83.1. The number of nitrogens with one attached hydrogen (secondary N) is 4. The first-order chi connectivity index (χ1) is 35.3. The maximum absolute atomic E-state index is 13.5. The molecule has 6 N–H and O–H groups in total. The van der Waals surface area contributed by atoms with Crippen LogP contribution in [0, 0.1) is 0 Å². The van der Waals surface area contributed by atoms with Gasteiger partial charge in [-0.2, -0.15) is 4.31 Å². The SMILES string of the molecule is CCNC(=O)Nc1ncnc2c1ncn2[C@@H]1O[C@H](COP(=O)(O)OP(=O)(O)OC[C@H]2O[C@@H](n3cnc4c(NC(=O)NCC)ncnc43)[C@H]3O[C@@H](/C=C/c4ccccc4)OC23)C2O[C@@H](/C=C/c3ccccc3)OC21. The summed E-state index contributed by atoms with van der Waals surface area (Å²) in [6, 6.07) is 17.8. The average Bonchev–Trinajstić information content (AvgIpc) is 4.24. The Morgan fingerprint density at radius 2 is 1.01 bits per heavy atom. The van der Waals surface area contributed by atoms with Crippen LogP contribution in [0.5, 0.6) is 0 Å². The van der Waals surface area contributed by atoms with E-state index in [4.69, 9.17) is 41.8 Å². The Morgan fingerprint density at radius 3 is 1.42 bits per heavy atom. The Morgan fingerprint density at radius 1 is 0.603 bits per heavy atom. The molecule has 2 aromatic carbocycles. The number of carbonyl (C=O) groups excluding carboxylic acids is 2. The van der Waals surface area contributed by atoms with Gasteiger partial charge in [0.05, 0.1) is 25.9 Å². The highest BCUT2D eigenvalue weighted by atomic mass is 31.3. The van der Waals surface area contributed by atoms with Gasteiger partial charge in [0.15, 0.2) is 59.0 Å². The van der Waals surface area contributed by atoms with Crippen molar-refractivity contribution in [1.29, 1.82) is 0 Å². The Balaban J connectivity index is 0.830. The minimum Gasteiger partial charge on any atom is -0.347 e. The van der Waals surface area contributed by atoms with E-state index in [0.29, 0.717) is 13.1 Å². The molecule has 4 saturated heterocycles. The van der Waals surface area contributed by atoms with Crippen LogP contribution in [0.1, 0.15) is 37.4 Å². The molecule has 4 amide bonds. The van der Waals surface area contributed by atoms with E-state index in [9.17, 15) is 28.5 Å². The number of phosphoric ester groups is 2. The van der Waals surface area contributed by atoms with E-state index in [1.807, 2.05) is 60.7 Å². The molecule has 29 heteroatoms. The molecule has 0 radical (unpaired) electrons. The number of imidazole rings is 2. The smallest absolute Gasteiger partial charge is 0.347 e. The number of aromatic nitrogens is 8. The molecule has 12 atom stereocenters. The summed E-state index contributed by atoms with van der Waals surface area (Å²) in [5.74, 6) is 0.246. The van der Waals surface area contributed by atoms with Gasteiger partial charge in [0.2, 0.25) is 0 Å². The first-order valence-corrected chi connectivity index (χ1v) is 25.8. The molecule has 8 heterocycles. The first kappa shape index (κ1) is 50.1. The summed E-state index contributed by atoms with van der Waals surface area (Å²) in [6.07, 6.45) is 2.42. The van der Waals surface area contributed by atoms with Crippen LogP contribution in [0.3, 0.4) is 0 Å². The standard InChI is InChI=1S/C44H48N12O15P2/c1-3-45-43(57)53-37-31-39(49-21-47-37)55(23-51-31)41-35-33(67-29(69-35)17-15-25-11-7-5-8-12-25)27(65-41)19-63-72(59,60)71-73(61,62)64-20-28-34-36(70-30(68-34)18-16-26-13-9-6-10-14-26)42(66-28)56-24-52-32-38(48-22-50-40(32)56)54-44(58)46-4-2/h5-18,21-24,27-30,33-36,41-42H,3-4,19-20H2,1-2H3,(H,59,60)(H,61,62)(H2,45,47,49,53,57)(H2,46,48,50,54,58)/b17-15+,18-16+/t27-,28-,29-,30+,33?,34?,35?,36+,41-,42-/m1/s1. The fraction of sp³-hybridized carbons (Fsp3) is 0.364. The van der Waals surface area contributed by atoms with Crippen LogP contribution < -0.4 is 21.3 Å². The van der Waals surface area contributed by atoms with Crippen LogP contribution in [0.4, 0.5) is 21.2 Å². The Hall–Kier alpha value is -6.42. The van der Waals surface area contributed by atoms with E-state index in [1.54, 1.807) is 38.2 Å². The van der Waals surface area contributed by atoms with Gasteiger partial charge in [-0.3, -0.25) is 28.8 Å². The van der Waals surface area contributed by atoms with Crippen molar-refractivity contribution in [3.8, 4) is 0 Å². The third-order valence-corrected chi connectivity index (χ3v) is 14.2. The van der Waals surface area contributed by atoms with E-state index in [-0.39, 0.29) is 34.0 Å². The van der Waals surface area contributed by atoms with E-state index in [2.05, 4.69) is 51.2 Å². The molecule has 384 valence electrons. The number of nitrogens with zero attached hydrogens (tertiary/aromatic N) is 8. The van der Waals surface area contributed by atoms with Crippen molar-refractivity contribution in [1.82, 2.24) is 49.7 Å². The van der Waals surface area contributed by atoms with Crippen LogP contribution in [0.25, 0.3) is 34.5 Å². The van der Waals surface area contributed by atoms with Crippen molar-refractivity contribution in [2.75, 3.05) is 36.9 Å². The third kappa shape index (κ3) is 11.2. The molecule has 27 nitrogen and oxygen atoms in total. The number of urea groups is 2. The predicted octanol–water partition coefficient (Wildman–Crippen LogP) is 4.64. The van der Waals surface area contributed by atoms with Gasteiger partial charge in [0.25, 0.3) is 0 Å². The zero-order chi connectivity index (χ0) is 50.7. The number of anilines is 2. The Bertz CT molecular complexity index is 2890. The summed E-state index contributed by atoms with van der Waals surface area (Å²) in [7, 11) is -10.9. The number of hydrogen-bond acceptors (Lipinski definition) is 19. The maximum Gasteiger partial charge on any atom is 0.481 e. The monoisotopic (exact) mass is 1050 g/mol. The van der Waals surface area contributed by atoms with Gasteiger partial charge in [-0.25, -0.2) is 48.6 Å². The largest absolute Gasteiger partial charge is 0.481 e. The second-order valence-electron chi connectivity index (χ2n) is 16.5. The van der Waals surface area contributed by atoms with Gasteiger partial charge >= 0.3 is 27.7 Å². The van der Waals surface area contributed by atoms with E-state index in [0.717, 1.165) is 11.1 Å². The number of ether oxygens (including phenoxy) is 6. The lowest BCUT2D eigenvalue weighted by Gasteiger charge is -2.22. The lowest BCUT2D eigenvalue weighted by atomic mass is 10.1. The fourth-order valence-electron chi connectivity index (χ4n) is 8.52. The summed E-state index contributed by atoms with van der Waals surface area (Å²) in [6.45, 7) is 2.83. The highest BCUT2D eigenvalue weighted by Crippen LogP contribution is 2.61. The predicted molar refractivity (Wildman–Crippen MR) is 255 cm³/mol. The molecule has 10 rings (SSSR count). The lowest BCUT2D eigenvalue weighted by Crippen LogP contribution is -2.32. The van der Waals surface area contributed by atoms with Crippen molar-refractivity contribution in [3.05, 3.63) is 109 Å². The number of rotatable bonds is 18. The van der Waals surface area contributed by atoms with Crippen LogP contribution in [-0.2, 0) is 50.9 Å². The number of benzene rings is 2. The molecule has 73 heavy (non-hydrogen) atoms. The zero-order valence-corrected chi connectivity index (χ0v) is 40.5. The number of amides is 4. The molecule has 5 unspecified atom stereocenters.